The summed E-state index contributed by atoms with van der Waals surface area (Å²) in [7, 11) is 0. The van der Waals surface area contributed by atoms with Crippen molar-refractivity contribution in [3.05, 3.63) is 46.2 Å². The van der Waals surface area contributed by atoms with Crippen molar-refractivity contribution < 1.29 is 23.2 Å². The monoisotopic (exact) mass is 365 g/mol. The number of hydroxylamine groups is 1. The molecule has 8 heteroatoms. The molecular formula is C18H18F3N3O2. The zero-order chi connectivity index (χ0) is 18.5. The highest BCUT2D eigenvalue weighted by Gasteiger charge is 2.43. The predicted octanol–water partition coefficient (Wildman–Crippen LogP) is 3.54. The first kappa shape index (κ1) is 17.1. The molecule has 0 radical (unpaired) electrons. The van der Waals surface area contributed by atoms with Gasteiger partial charge in [0.2, 0.25) is 0 Å². The zero-order valence-corrected chi connectivity index (χ0v) is 13.9. The van der Waals surface area contributed by atoms with E-state index in [4.69, 9.17) is 5.21 Å². The molecule has 1 amide bonds. The lowest BCUT2D eigenvalue weighted by atomic mass is 9.86. The molecule has 2 heterocycles. The molecule has 0 saturated carbocycles. The van der Waals surface area contributed by atoms with E-state index in [0.717, 1.165) is 28.2 Å². The van der Waals surface area contributed by atoms with E-state index in [1.165, 1.54) is 0 Å². The van der Waals surface area contributed by atoms with Crippen LogP contribution in [0.1, 0.15) is 47.2 Å². The second kappa shape index (κ2) is 6.12. The van der Waals surface area contributed by atoms with Gasteiger partial charge in [0, 0.05) is 30.8 Å². The Morgan fingerprint density at radius 3 is 2.85 bits per heavy atom. The number of benzene rings is 1. The number of aliphatic imine (C=N–C) groups is 1. The summed E-state index contributed by atoms with van der Waals surface area (Å²) < 4.78 is 39.0. The maximum atomic E-state index is 13.0. The lowest BCUT2D eigenvalue weighted by Crippen LogP contribution is -2.27. The number of nitrogens with zero attached hydrogens (tertiary/aromatic N) is 2. The summed E-state index contributed by atoms with van der Waals surface area (Å²) in [5, 5.41) is 8.89. The summed E-state index contributed by atoms with van der Waals surface area (Å²) in [5.41, 5.74) is 5.43. The number of hydrogen-bond donors (Lipinski definition) is 2. The lowest BCUT2D eigenvalue weighted by Gasteiger charge is -2.25. The van der Waals surface area contributed by atoms with Gasteiger partial charge < -0.3 is 4.90 Å². The van der Waals surface area contributed by atoms with E-state index in [-0.39, 0.29) is 12.8 Å². The fraction of sp³-hybridized carbons (Fsp3) is 0.444. The van der Waals surface area contributed by atoms with Crippen LogP contribution in [0.15, 0.2) is 34.5 Å². The van der Waals surface area contributed by atoms with E-state index in [0.29, 0.717) is 31.5 Å². The Morgan fingerprint density at radius 2 is 2.12 bits per heavy atom. The molecule has 1 atom stereocenters. The number of rotatable bonds is 1. The van der Waals surface area contributed by atoms with Gasteiger partial charge in [-0.1, -0.05) is 12.1 Å². The smallest absolute Gasteiger partial charge is 0.351 e. The third-order valence-electron chi connectivity index (χ3n) is 5.42. The van der Waals surface area contributed by atoms with Crippen LogP contribution in [0.5, 0.6) is 0 Å². The van der Waals surface area contributed by atoms with Gasteiger partial charge in [-0.3, -0.25) is 10.0 Å². The molecule has 1 aromatic carbocycles. The van der Waals surface area contributed by atoms with Gasteiger partial charge in [0.1, 0.15) is 5.84 Å². The average Bonchev–Trinajstić information content (AvgIpc) is 3.22. The maximum absolute atomic E-state index is 13.0. The summed E-state index contributed by atoms with van der Waals surface area (Å²) in [6.45, 7) is 1.02. The molecular weight excluding hydrogens is 347 g/mol. The maximum Gasteiger partial charge on any atom is 0.392 e. The topological polar surface area (TPSA) is 64.9 Å². The van der Waals surface area contributed by atoms with E-state index in [9.17, 15) is 18.0 Å². The van der Waals surface area contributed by atoms with Gasteiger partial charge in [0.15, 0.2) is 0 Å². The van der Waals surface area contributed by atoms with Crippen molar-refractivity contribution in [2.75, 3.05) is 0 Å². The molecule has 4 rings (SSSR count). The SMILES string of the molecule is O=C(NO)c1cccc2c1CN(C1=NC3=C(C1)C[C@@H](C(F)(F)F)CC3)C2. The van der Waals surface area contributed by atoms with E-state index in [1.807, 2.05) is 11.0 Å². The molecule has 5 nitrogen and oxygen atoms in total. The summed E-state index contributed by atoms with van der Waals surface area (Å²) in [6.07, 6.45) is -3.22. The first-order valence-electron chi connectivity index (χ1n) is 8.52. The molecule has 0 bridgehead atoms. The largest absolute Gasteiger partial charge is 0.392 e. The number of fused-ring (bicyclic) bond motifs is 1. The van der Waals surface area contributed by atoms with E-state index < -0.39 is 18.0 Å². The minimum Gasteiger partial charge on any atom is -0.351 e. The van der Waals surface area contributed by atoms with Crippen LogP contribution in [0, 0.1) is 5.92 Å². The number of halogens is 3. The van der Waals surface area contributed by atoms with Gasteiger partial charge in [-0.15, -0.1) is 0 Å². The summed E-state index contributed by atoms with van der Waals surface area (Å²) in [4.78, 5) is 18.4. The van der Waals surface area contributed by atoms with Crippen molar-refractivity contribution >= 4 is 11.7 Å². The highest BCUT2D eigenvalue weighted by Crippen LogP contribution is 2.44. The van der Waals surface area contributed by atoms with Crippen molar-refractivity contribution in [1.82, 2.24) is 10.4 Å². The molecule has 0 fully saturated rings. The Hall–Kier alpha value is -2.35. The van der Waals surface area contributed by atoms with Crippen molar-refractivity contribution in [2.24, 2.45) is 10.9 Å². The van der Waals surface area contributed by atoms with Crippen LogP contribution in [0.4, 0.5) is 13.2 Å². The Kier molecular flexibility index (Phi) is 4.02. The van der Waals surface area contributed by atoms with E-state index in [2.05, 4.69) is 4.99 Å². The summed E-state index contributed by atoms with van der Waals surface area (Å²) in [6, 6.07) is 5.30. The van der Waals surface area contributed by atoms with Crippen LogP contribution in [0.25, 0.3) is 0 Å². The van der Waals surface area contributed by atoms with Gasteiger partial charge in [0.05, 0.1) is 5.92 Å². The number of alkyl halides is 3. The van der Waals surface area contributed by atoms with E-state index >= 15 is 0 Å². The minimum absolute atomic E-state index is 0.0325. The Bertz CT molecular complexity index is 829. The minimum atomic E-state index is -4.16. The number of allylic oxidation sites excluding steroid dienone is 1. The third kappa shape index (κ3) is 2.88. The van der Waals surface area contributed by atoms with Gasteiger partial charge in [-0.05, 0) is 42.0 Å². The van der Waals surface area contributed by atoms with Crippen molar-refractivity contribution in [3.63, 3.8) is 0 Å². The zero-order valence-electron chi connectivity index (χ0n) is 13.9. The summed E-state index contributed by atoms with van der Waals surface area (Å²) >= 11 is 0. The fourth-order valence-corrected chi connectivity index (χ4v) is 4.04. The molecule has 26 heavy (non-hydrogen) atoms. The molecule has 138 valence electrons. The molecule has 1 aliphatic carbocycles. The standard InChI is InChI=1S/C18H18F3N3O2/c19-18(20,21)12-4-5-15-11(6-12)7-16(22-15)24-8-10-2-1-3-13(14(10)9-24)17(25)23-26/h1-3,12,26H,4-9H2,(H,23,25)/t12-/m0/s1. The third-order valence-corrected chi connectivity index (χ3v) is 5.42. The molecule has 3 aliphatic rings. The highest BCUT2D eigenvalue weighted by molar-refractivity contribution is 5.96. The second-order valence-corrected chi connectivity index (χ2v) is 6.98. The van der Waals surface area contributed by atoms with Gasteiger partial charge in [0.25, 0.3) is 5.91 Å². The Labute approximate surface area is 148 Å². The van der Waals surface area contributed by atoms with Crippen LogP contribution >= 0.6 is 0 Å². The number of amidine groups is 1. The van der Waals surface area contributed by atoms with Gasteiger partial charge in [-0.25, -0.2) is 10.5 Å². The number of hydrogen-bond acceptors (Lipinski definition) is 4. The average molecular weight is 365 g/mol. The Balaban J connectivity index is 1.50. The molecule has 0 unspecified atom stereocenters. The second-order valence-electron chi connectivity index (χ2n) is 6.98. The normalized spacial score (nSPS) is 22.2. The number of carbonyl (C=O) groups excluding carboxylic acids is 1. The summed E-state index contributed by atoms with van der Waals surface area (Å²) in [5.74, 6) is -1.07. The van der Waals surface area contributed by atoms with Crippen LogP contribution in [0.2, 0.25) is 0 Å². The predicted molar refractivity (Wildman–Crippen MR) is 87.4 cm³/mol. The van der Waals surface area contributed by atoms with Crippen LogP contribution in [-0.2, 0) is 13.1 Å². The highest BCUT2D eigenvalue weighted by atomic mass is 19.4. The van der Waals surface area contributed by atoms with Gasteiger partial charge >= 0.3 is 6.18 Å². The van der Waals surface area contributed by atoms with Crippen LogP contribution in [0.3, 0.4) is 0 Å². The lowest BCUT2D eigenvalue weighted by molar-refractivity contribution is -0.176. The number of nitrogens with one attached hydrogen (secondary N) is 1. The number of carbonyl (C=O) groups is 1. The van der Waals surface area contributed by atoms with Crippen LogP contribution < -0.4 is 5.48 Å². The molecule has 2 aliphatic heterocycles. The molecule has 1 aromatic rings. The molecule has 0 aromatic heterocycles. The first-order chi connectivity index (χ1) is 12.4. The quantitative estimate of drug-likeness (QED) is 0.591. The first-order valence-corrected chi connectivity index (χ1v) is 8.52. The Morgan fingerprint density at radius 1 is 1.31 bits per heavy atom. The van der Waals surface area contributed by atoms with Gasteiger partial charge in [-0.2, -0.15) is 13.2 Å². The van der Waals surface area contributed by atoms with Crippen molar-refractivity contribution in [1.29, 1.82) is 0 Å². The molecule has 0 saturated heterocycles. The number of amides is 1. The molecule has 0 spiro atoms. The van der Waals surface area contributed by atoms with Crippen molar-refractivity contribution in [2.45, 2.75) is 44.9 Å². The fourth-order valence-electron chi connectivity index (χ4n) is 4.04. The molecule has 2 N–H and O–H groups in total. The van der Waals surface area contributed by atoms with Crippen LogP contribution in [-0.4, -0.2) is 28.0 Å². The van der Waals surface area contributed by atoms with Crippen molar-refractivity contribution in [3.8, 4) is 0 Å². The van der Waals surface area contributed by atoms with E-state index in [1.54, 1.807) is 17.6 Å².